The average Bonchev–Trinajstić information content (AvgIpc) is 2.97. The Bertz CT molecular complexity index is 714. The lowest BCUT2D eigenvalue weighted by atomic mass is 10.1. The molecule has 0 aromatic heterocycles. The van der Waals surface area contributed by atoms with Crippen molar-refractivity contribution >= 4 is 41.9 Å². The first kappa shape index (κ1) is 22.3. The molecule has 0 spiro atoms. The van der Waals surface area contributed by atoms with Gasteiger partial charge in [0.15, 0.2) is 5.96 Å². The molecule has 0 aliphatic carbocycles. The lowest BCUT2D eigenvalue weighted by Gasteiger charge is -2.38. The van der Waals surface area contributed by atoms with Crippen LogP contribution in [0.1, 0.15) is 18.6 Å². The van der Waals surface area contributed by atoms with E-state index in [9.17, 15) is 14.0 Å². The number of guanidine groups is 1. The van der Waals surface area contributed by atoms with Gasteiger partial charge in [-0.3, -0.25) is 14.7 Å². The number of nitrogens with zero attached hydrogens (tertiary/aromatic N) is 3. The zero-order valence-electron chi connectivity index (χ0n) is 15.9. The number of aliphatic imine (C=N–C) groups is 1. The maximum atomic E-state index is 13.2. The molecule has 0 bridgehead atoms. The highest BCUT2D eigenvalue weighted by Crippen LogP contribution is 2.25. The van der Waals surface area contributed by atoms with E-state index in [1.54, 1.807) is 19.2 Å². The zero-order valence-corrected chi connectivity index (χ0v) is 18.2. The van der Waals surface area contributed by atoms with Gasteiger partial charge in [-0.1, -0.05) is 12.1 Å². The van der Waals surface area contributed by atoms with Gasteiger partial charge in [0.1, 0.15) is 11.9 Å². The molecule has 2 fully saturated rings. The number of rotatable bonds is 4. The zero-order chi connectivity index (χ0) is 19.4. The number of hydrogen-bond acceptors (Lipinski definition) is 4. The van der Waals surface area contributed by atoms with Crippen LogP contribution >= 0.6 is 24.0 Å². The Hall–Kier alpha value is -1.95. The number of hydrogen-bond donors (Lipinski definition) is 2. The molecule has 3 amide bonds. The van der Waals surface area contributed by atoms with Crippen molar-refractivity contribution < 1.29 is 18.7 Å². The number of carbonyl (C=O) groups is 2. The maximum absolute atomic E-state index is 13.2. The summed E-state index contributed by atoms with van der Waals surface area (Å²) in [5.41, 5.74) is 0.905. The van der Waals surface area contributed by atoms with Gasteiger partial charge in [-0.25, -0.2) is 9.18 Å². The monoisotopic (exact) mass is 505 g/mol. The van der Waals surface area contributed by atoms with Gasteiger partial charge in [0, 0.05) is 26.7 Å². The van der Waals surface area contributed by atoms with Crippen LogP contribution < -0.4 is 10.6 Å². The standard InChI is InChI=1S/C18H24FN5O3.HI/c1-12-10-23(11-15(27-12)13-3-5-14(19)6-4-13)17(20-2)21-7-8-24-16(25)9-22-18(24)26;/h3-6,12,15H,7-11H2,1-2H3,(H,20,21)(H,22,26);1H. The molecule has 3 rings (SSSR count). The van der Waals surface area contributed by atoms with Crippen LogP contribution in [-0.4, -0.2) is 73.6 Å². The van der Waals surface area contributed by atoms with E-state index in [0.717, 1.165) is 5.56 Å². The quantitative estimate of drug-likeness (QED) is 0.279. The van der Waals surface area contributed by atoms with E-state index in [0.29, 0.717) is 25.6 Å². The van der Waals surface area contributed by atoms with Crippen LogP contribution in [0.2, 0.25) is 0 Å². The first-order chi connectivity index (χ1) is 13.0. The van der Waals surface area contributed by atoms with Gasteiger partial charge in [0.25, 0.3) is 0 Å². The van der Waals surface area contributed by atoms with Crippen molar-refractivity contribution in [3.05, 3.63) is 35.6 Å². The molecule has 2 aliphatic rings. The summed E-state index contributed by atoms with van der Waals surface area (Å²) in [4.78, 5) is 30.8. The van der Waals surface area contributed by atoms with Crippen molar-refractivity contribution in [3.63, 3.8) is 0 Å². The number of carbonyl (C=O) groups excluding carboxylic acids is 2. The Kier molecular flexibility index (Phi) is 7.98. The minimum Gasteiger partial charge on any atom is -0.367 e. The third-order valence-electron chi connectivity index (χ3n) is 4.57. The SMILES string of the molecule is CN=C(NCCN1C(=O)CNC1=O)N1CC(C)OC(c2ccc(F)cc2)C1.I. The van der Waals surface area contributed by atoms with Gasteiger partial charge < -0.3 is 20.3 Å². The molecular formula is C18H25FIN5O3. The van der Waals surface area contributed by atoms with Crippen LogP contribution in [0.3, 0.4) is 0 Å². The van der Waals surface area contributed by atoms with Gasteiger partial charge in [0.2, 0.25) is 5.91 Å². The molecule has 0 saturated carbocycles. The molecule has 1 aromatic carbocycles. The van der Waals surface area contributed by atoms with Crippen LogP contribution in [0.4, 0.5) is 9.18 Å². The van der Waals surface area contributed by atoms with Gasteiger partial charge >= 0.3 is 6.03 Å². The van der Waals surface area contributed by atoms with Crippen LogP contribution in [0.25, 0.3) is 0 Å². The highest BCUT2D eigenvalue weighted by atomic mass is 127. The molecule has 2 unspecified atom stereocenters. The van der Waals surface area contributed by atoms with Crippen molar-refractivity contribution in [1.29, 1.82) is 0 Å². The fourth-order valence-electron chi connectivity index (χ4n) is 3.28. The first-order valence-corrected chi connectivity index (χ1v) is 8.92. The largest absolute Gasteiger partial charge is 0.367 e. The number of nitrogens with one attached hydrogen (secondary N) is 2. The summed E-state index contributed by atoms with van der Waals surface area (Å²) in [5.74, 6) is 0.162. The average molecular weight is 505 g/mol. The summed E-state index contributed by atoms with van der Waals surface area (Å²) >= 11 is 0. The smallest absolute Gasteiger partial charge is 0.324 e. The lowest BCUT2D eigenvalue weighted by molar-refractivity contribution is -0.124. The lowest BCUT2D eigenvalue weighted by Crippen LogP contribution is -2.52. The van der Waals surface area contributed by atoms with Crippen molar-refractivity contribution in [2.24, 2.45) is 4.99 Å². The van der Waals surface area contributed by atoms with Crippen molar-refractivity contribution in [1.82, 2.24) is 20.4 Å². The van der Waals surface area contributed by atoms with Gasteiger partial charge in [0.05, 0.1) is 19.2 Å². The second kappa shape index (κ2) is 10.0. The molecule has 1 aromatic rings. The highest BCUT2D eigenvalue weighted by Gasteiger charge is 2.30. The maximum Gasteiger partial charge on any atom is 0.324 e. The number of urea groups is 1. The van der Waals surface area contributed by atoms with Crippen LogP contribution in [-0.2, 0) is 9.53 Å². The molecule has 2 heterocycles. The number of imide groups is 1. The van der Waals surface area contributed by atoms with Gasteiger partial charge in [-0.15, -0.1) is 24.0 Å². The second-order valence-corrected chi connectivity index (χ2v) is 6.57. The molecule has 2 N–H and O–H groups in total. The fourth-order valence-corrected chi connectivity index (χ4v) is 3.28. The summed E-state index contributed by atoms with van der Waals surface area (Å²) in [6, 6.07) is 5.93. The van der Waals surface area contributed by atoms with Gasteiger partial charge in [-0.2, -0.15) is 0 Å². The van der Waals surface area contributed by atoms with Crippen LogP contribution in [0.15, 0.2) is 29.3 Å². The molecule has 2 atom stereocenters. The van der Waals surface area contributed by atoms with E-state index in [-0.39, 0.29) is 67.0 Å². The molecule has 8 nitrogen and oxygen atoms in total. The summed E-state index contributed by atoms with van der Waals surface area (Å²) in [6.45, 7) is 3.92. The summed E-state index contributed by atoms with van der Waals surface area (Å²) in [7, 11) is 1.68. The Morgan fingerprint density at radius 3 is 2.64 bits per heavy atom. The van der Waals surface area contributed by atoms with E-state index in [2.05, 4.69) is 20.5 Å². The Labute approximate surface area is 180 Å². The Morgan fingerprint density at radius 1 is 1.32 bits per heavy atom. The van der Waals surface area contributed by atoms with Crippen molar-refractivity contribution in [3.8, 4) is 0 Å². The van der Waals surface area contributed by atoms with E-state index in [1.807, 2.05) is 6.92 Å². The van der Waals surface area contributed by atoms with Gasteiger partial charge in [-0.05, 0) is 24.6 Å². The van der Waals surface area contributed by atoms with Crippen LogP contribution in [0.5, 0.6) is 0 Å². The number of benzene rings is 1. The van der Waals surface area contributed by atoms with E-state index >= 15 is 0 Å². The predicted octanol–water partition coefficient (Wildman–Crippen LogP) is 1.33. The van der Waals surface area contributed by atoms with E-state index in [4.69, 9.17) is 4.74 Å². The van der Waals surface area contributed by atoms with Crippen LogP contribution in [0, 0.1) is 5.82 Å². The predicted molar refractivity (Wildman–Crippen MR) is 113 cm³/mol. The fraction of sp³-hybridized carbons (Fsp3) is 0.500. The number of amides is 3. The third-order valence-corrected chi connectivity index (χ3v) is 4.57. The molecule has 10 heteroatoms. The first-order valence-electron chi connectivity index (χ1n) is 8.92. The third kappa shape index (κ3) is 5.31. The van der Waals surface area contributed by atoms with Crippen molar-refractivity contribution in [2.75, 3.05) is 39.8 Å². The summed E-state index contributed by atoms with van der Waals surface area (Å²) in [6.07, 6.45) is -0.225. The Morgan fingerprint density at radius 2 is 2.04 bits per heavy atom. The second-order valence-electron chi connectivity index (χ2n) is 6.57. The molecule has 28 heavy (non-hydrogen) atoms. The number of ether oxygens (including phenoxy) is 1. The minimum atomic E-state index is -0.367. The summed E-state index contributed by atoms with van der Waals surface area (Å²) < 4.78 is 19.2. The molecule has 154 valence electrons. The Balaban J connectivity index is 0.00000280. The number of morpholine rings is 1. The van der Waals surface area contributed by atoms with E-state index < -0.39 is 0 Å². The van der Waals surface area contributed by atoms with E-state index in [1.165, 1.54) is 17.0 Å². The number of halogens is 2. The molecule has 0 radical (unpaired) electrons. The van der Waals surface area contributed by atoms with Crippen molar-refractivity contribution in [2.45, 2.75) is 19.1 Å². The highest BCUT2D eigenvalue weighted by molar-refractivity contribution is 14.0. The topological polar surface area (TPSA) is 86.3 Å². The minimum absolute atomic E-state index is 0. The molecule has 2 aliphatic heterocycles. The summed E-state index contributed by atoms with van der Waals surface area (Å²) in [5, 5.41) is 5.69. The normalized spacial score (nSPS) is 22.8. The molecule has 2 saturated heterocycles. The molecular weight excluding hydrogens is 480 g/mol.